The zero-order valence-electron chi connectivity index (χ0n) is 20.1. The standard InChI is InChI=1S/C28H32N2O4/c1-17-8-7-11-20-14-22(27(31)29-25(17)20)26-21-16-24(34-3)23(33-2)15-19(21)12-13-30(26)28(32)18-9-5-4-6-10-18/h7-8,11,14-16,18,26H,4-6,9-10,12-13H2,1-3H3,(H,29,31). The Morgan fingerprint density at radius 2 is 1.74 bits per heavy atom. The molecule has 1 amide bonds. The maximum absolute atomic E-state index is 13.8. The van der Waals surface area contributed by atoms with E-state index in [-0.39, 0.29) is 17.4 Å². The van der Waals surface area contributed by atoms with Crippen molar-refractivity contribution >= 4 is 16.8 Å². The number of nitrogens with zero attached hydrogens (tertiary/aromatic N) is 1. The molecule has 6 heteroatoms. The summed E-state index contributed by atoms with van der Waals surface area (Å²) in [7, 11) is 3.23. The Morgan fingerprint density at radius 1 is 1.00 bits per heavy atom. The lowest BCUT2D eigenvalue weighted by atomic mass is 9.84. The minimum absolute atomic E-state index is 0.0275. The summed E-state index contributed by atoms with van der Waals surface area (Å²) in [6, 6.07) is 11.4. The molecule has 0 bridgehead atoms. The van der Waals surface area contributed by atoms with Crippen LogP contribution in [0.25, 0.3) is 10.9 Å². The summed E-state index contributed by atoms with van der Waals surface area (Å²) >= 11 is 0. The van der Waals surface area contributed by atoms with Gasteiger partial charge in [-0.15, -0.1) is 0 Å². The average Bonchev–Trinajstić information content (AvgIpc) is 2.87. The fourth-order valence-electron chi connectivity index (χ4n) is 5.71. The number of aromatic amines is 1. The van der Waals surface area contributed by atoms with Crippen molar-refractivity contribution in [3.05, 3.63) is 69.0 Å². The van der Waals surface area contributed by atoms with Crippen LogP contribution in [0.2, 0.25) is 0 Å². The van der Waals surface area contributed by atoms with Crippen molar-refractivity contribution < 1.29 is 14.3 Å². The van der Waals surface area contributed by atoms with E-state index in [4.69, 9.17) is 9.47 Å². The van der Waals surface area contributed by atoms with Crippen LogP contribution in [0.5, 0.6) is 11.5 Å². The van der Waals surface area contributed by atoms with Crippen molar-refractivity contribution in [3.63, 3.8) is 0 Å². The molecule has 0 spiro atoms. The van der Waals surface area contributed by atoms with E-state index >= 15 is 0 Å². The molecule has 178 valence electrons. The maximum atomic E-state index is 13.8. The third kappa shape index (κ3) is 3.85. The minimum Gasteiger partial charge on any atom is -0.493 e. The SMILES string of the molecule is COc1cc2c(cc1OC)C(c1cc3cccc(C)c3[nH]c1=O)N(C(=O)C1CCCCC1)CC2. The van der Waals surface area contributed by atoms with E-state index in [9.17, 15) is 9.59 Å². The molecule has 2 aromatic carbocycles. The van der Waals surface area contributed by atoms with E-state index in [1.807, 2.05) is 48.2 Å². The van der Waals surface area contributed by atoms with Gasteiger partial charge in [0.1, 0.15) is 0 Å². The van der Waals surface area contributed by atoms with E-state index < -0.39 is 6.04 Å². The number of nitrogens with one attached hydrogen (secondary N) is 1. The molecule has 5 rings (SSSR count). The number of aryl methyl sites for hydroxylation is 1. The topological polar surface area (TPSA) is 71.6 Å². The number of hydrogen-bond acceptors (Lipinski definition) is 4. The predicted octanol–water partition coefficient (Wildman–Crippen LogP) is 4.91. The highest BCUT2D eigenvalue weighted by Crippen LogP contribution is 2.42. The molecule has 2 heterocycles. The van der Waals surface area contributed by atoms with E-state index in [2.05, 4.69) is 4.98 Å². The van der Waals surface area contributed by atoms with E-state index in [1.54, 1.807) is 14.2 Å². The molecular weight excluding hydrogens is 428 g/mol. The predicted molar refractivity (Wildman–Crippen MR) is 133 cm³/mol. The van der Waals surface area contributed by atoms with Crippen LogP contribution in [0.4, 0.5) is 0 Å². The van der Waals surface area contributed by atoms with Crippen LogP contribution in [0.15, 0.2) is 41.2 Å². The summed E-state index contributed by atoms with van der Waals surface area (Å²) in [5, 5.41) is 0.965. The normalized spacial score (nSPS) is 18.6. The van der Waals surface area contributed by atoms with Crippen molar-refractivity contribution in [3.8, 4) is 11.5 Å². The number of ether oxygens (including phenoxy) is 2. The molecule has 1 aromatic heterocycles. The van der Waals surface area contributed by atoms with Crippen LogP contribution in [0.1, 0.15) is 60.4 Å². The lowest BCUT2D eigenvalue weighted by Gasteiger charge is -2.40. The van der Waals surface area contributed by atoms with Crippen molar-refractivity contribution in [2.75, 3.05) is 20.8 Å². The van der Waals surface area contributed by atoms with E-state index in [1.165, 1.54) is 6.42 Å². The molecule has 1 N–H and O–H groups in total. The second-order valence-electron chi connectivity index (χ2n) is 9.52. The molecule has 2 aliphatic rings. The first-order valence-corrected chi connectivity index (χ1v) is 12.2. The third-order valence-corrected chi connectivity index (χ3v) is 7.52. The monoisotopic (exact) mass is 460 g/mol. The van der Waals surface area contributed by atoms with Gasteiger partial charge in [-0.2, -0.15) is 0 Å². The van der Waals surface area contributed by atoms with Gasteiger partial charge in [-0.25, -0.2) is 0 Å². The first-order valence-electron chi connectivity index (χ1n) is 12.2. The highest BCUT2D eigenvalue weighted by atomic mass is 16.5. The van der Waals surface area contributed by atoms with Crippen LogP contribution in [0, 0.1) is 12.8 Å². The number of methoxy groups -OCH3 is 2. The fourth-order valence-corrected chi connectivity index (χ4v) is 5.71. The molecule has 1 atom stereocenters. The zero-order chi connectivity index (χ0) is 23.8. The average molecular weight is 461 g/mol. The molecule has 3 aromatic rings. The third-order valence-electron chi connectivity index (χ3n) is 7.52. The number of benzene rings is 2. The highest BCUT2D eigenvalue weighted by Gasteiger charge is 2.37. The molecule has 34 heavy (non-hydrogen) atoms. The van der Waals surface area contributed by atoms with Gasteiger partial charge in [-0.1, -0.05) is 37.5 Å². The van der Waals surface area contributed by atoms with Gasteiger partial charge in [-0.3, -0.25) is 9.59 Å². The first kappa shape index (κ1) is 22.5. The van der Waals surface area contributed by atoms with Crippen molar-refractivity contribution in [1.82, 2.24) is 9.88 Å². The van der Waals surface area contributed by atoms with Crippen LogP contribution < -0.4 is 15.0 Å². The first-order chi connectivity index (χ1) is 16.5. The van der Waals surface area contributed by atoms with Crippen molar-refractivity contribution in [2.24, 2.45) is 5.92 Å². The lowest BCUT2D eigenvalue weighted by molar-refractivity contribution is -0.138. The molecule has 1 unspecified atom stereocenters. The fraction of sp³-hybridized carbons (Fsp3) is 0.429. The second-order valence-corrected chi connectivity index (χ2v) is 9.52. The van der Waals surface area contributed by atoms with Crippen LogP contribution >= 0.6 is 0 Å². The smallest absolute Gasteiger partial charge is 0.254 e. The number of para-hydroxylation sites is 1. The largest absolute Gasteiger partial charge is 0.493 e. The number of carbonyl (C=O) groups is 1. The number of pyridine rings is 1. The van der Waals surface area contributed by atoms with Gasteiger partial charge >= 0.3 is 0 Å². The Balaban J connectivity index is 1.69. The van der Waals surface area contributed by atoms with Crippen LogP contribution in [-0.2, 0) is 11.2 Å². The van der Waals surface area contributed by atoms with Gasteiger partial charge in [-0.05, 0) is 66.5 Å². The van der Waals surface area contributed by atoms with Gasteiger partial charge in [0.15, 0.2) is 11.5 Å². The molecule has 1 aliphatic heterocycles. The molecule has 0 saturated heterocycles. The number of amides is 1. The Kier molecular flexibility index (Phi) is 6.07. The maximum Gasteiger partial charge on any atom is 0.254 e. The number of hydrogen-bond donors (Lipinski definition) is 1. The molecular formula is C28H32N2O4. The summed E-state index contributed by atoms with van der Waals surface area (Å²) in [6.45, 7) is 2.57. The lowest BCUT2D eigenvalue weighted by Crippen LogP contribution is -2.45. The van der Waals surface area contributed by atoms with Gasteiger partial charge in [0.2, 0.25) is 5.91 Å². The quantitative estimate of drug-likeness (QED) is 0.601. The van der Waals surface area contributed by atoms with Gasteiger partial charge in [0.05, 0.1) is 25.8 Å². The van der Waals surface area contributed by atoms with Crippen molar-refractivity contribution in [2.45, 2.75) is 51.5 Å². The number of aromatic nitrogens is 1. The Morgan fingerprint density at radius 3 is 2.47 bits per heavy atom. The highest BCUT2D eigenvalue weighted by molar-refractivity contribution is 5.83. The van der Waals surface area contributed by atoms with Gasteiger partial charge in [0, 0.05) is 18.0 Å². The van der Waals surface area contributed by atoms with E-state index in [0.29, 0.717) is 23.6 Å². The molecule has 0 radical (unpaired) electrons. The van der Waals surface area contributed by atoms with E-state index in [0.717, 1.165) is 59.7 Å². The van der Waals surface area contributed by atoms with Crippen LogP contribution in [0.3, 0.4) is 0 Å². The molecule has 1 aliphatic carbocycles. The number of rotatable bonds is 4. The molecule has 1 saturated carbocycles. The summed E-state index contributed by atoms with van der Waals surface area (Å²) in [5.41, 5.74) is 4.31. The Labute approximate surface area is 199 Å². The second kappa shape index (κ2) is 9.16. The van der Waals surface area contributed by atoms with Gasteiger partial charge in [0.25, 0.3) is 5.56 Å². The van der Waals surface area contributed by atoms with Crippen LogP contribution in [-0.4, -0.2) is 36.6 Å². The summed E-state index contributed by atoms with van der Waals surface area (Å²) in [4.78, 5) is 32.3. The summed E-state index contributed by atoms with van der Waals surface area (Å²) in [6.07, 6.45) is 5.94. The molecule has 1 fully saturated rings. The Bertz CT molecular complexity index is 1290. The number of fused-ring (bicyclic) bond motifs is 2. The molecule has 6 nitrogen and oxygen atoms in total. The number of H-pyrrole nitrogens is 1. The van der Waals surface area contributed by atoms with Gasteiger partial charge < -0.3 is 19.4 Å². The Hall–Kier alpha value is -3.28. The minimum atomic E-state index is -0.466. The summed E-state index contributed by atoms with van der Waals surface area (Å²) < 4.78 is 11.1. The summed E-state index contributed by atoms with van der Waals surface area (Å²) in [5.74, 6) is 1.45. The van der Waals surface area contributed by atoms with Crippen molar-refractivity contribution in [1.29, 1.82) is 0 Å². The number of carbonyl (C=O) groups excluding carboxylic acids is 1. The zero-order valence-corrected chi connectivity index (χ0v) is 20.1.